The van der Waals surface area contributed by atoms with Gasteiger partial charge in [0.25, 0.3) is 5.69 Å². The van der Waals surface area contributed by atoms with Gasteiger partial charge in [-0.05, 0) is 28.9 Å². The Bertz CT molecular complexity index is 578. The molecule has 0 radical (unpaired) electrons. The van der Waals surface area contributed by atoms with E-state index < -0.39 is 16.9 Å². The molecule has 1 aliphatic heterocycles. The number of hydrogen-bond donors (Lipinski definition) is 0. The van der Waals surface area contributed by atoms with E-state index in [-0.39, 0.29) is 12.3 Å². The van der Waals surface area contributed by atoms with Crippen molar-refractivity contribution in [3.8, 4) is 0 Å². The summed E-state index contributed by atoms with van der Waals surface area (Å²) in [6.45, 7) is 2.89. The lowest BCUT2D eigenvalue weighted by molar-refractivity contribution is -0.385. The minimum Gasteiger partial charge on any atom is -0.467 e. The number of benzene rings is 1. The van der Waals surface area contributed by atoms with Gasteiger partial charge in [-0.1, -0.05) is 0 Å². The molecule has 0 N–H and O–H groups in total. The Labute approximate surface area is 130 Å². The van der Waals surface area contributed by atoms with Crippen LogP contribution in [-0.2, 0) is 14.3 Å². The van der Waals surface area contributed by atoms with Crippen LogP contribution in [0.5, 0.6) is 0 Å². The van der Waals surface area contributed by atoms with Gasteiger partial charge in [0.15, 0.2) is 6.04 Å². The molecule has 1 atom stereocenters. The van der Waals surface area contributed by atoms with Crippen LogP contribution in [0.15, 0.2) is 16.6 Å². The molecule has 1 heterocycles. The lowest BCUT2D eigenvalue weighted by Crippen LogP contribution is -2.50. The van der Waals surface area contributed by atoms with Gasteiger partial charge < -0.3 is 14.4 Å². The zero-order valence-electron chi connectivity index (χ0n) is 11.7. The molecule has 0 amide bonds. The Hall–Kier alpha value is -1.67. The third-order valence-corrected chi connectivity index (χ3v) is 4.01. The lowest BCUT2D eigenvalue weighted by atomic mass is 10.1. The van der Waals surface area contributed by atoms with Crippen molar-refractivity contribution in [1.29, 1.82) is 0 Å². The number of nitro benzene ring substituents is 1. The number of morpholine rings is 1. The van der Waals surface area contributed by atoms with Gasteiger partial charge in [0, 0.05) is 22.6 Å². The van der Waals surface area contributed by atoms with Crippen molar-refractivity contribution in [2.24, 2.45) is 0 Å². The van der Waals surface area contributed by atoms with E-state index in [0.29, 0.717) is 23.2 Å². The van der Waals surface area contributed by atoms with Gasteiger partial charge in [0.05, 0.1) is 30.9 Å². The molecule has 1 aromatic rings. The van der Waals surface area contributed by atoms with Gasteiger partial charge in [-0.3, -0.25) is 10.1 Å². The highest BCUT2D eigenvalue weighted by Crippen LogP contribution is 2.34. The zero-order valence-corrected chi connectivity index (χ0v) is 13.3. The number of esters is 1. The van der Waals surface area contributed by atoms with Gasteiger partial charge in [-0.2, -0.15) is 0 Å². The highest BCUT2D eigenvalue weighted by molar-refractivity contribution is 9.10. The molecular weight excluding hydrogens is 344 g/mol. The van der Waals surface area contributed by atoms with E-state index in [1.165, 1.54) is 13.2 Å². The topological polar surface area (TPSA) is 81.9 Å². The van der Waals surface area contributed by atoms with Crippen LogP contribution in [0.25, 0.3) is 0 Å². The van der Waals surface area contributed by atoms with Crippen LogP contribution < -0.4 is 4.90 Å². The van der Waals surface area contributed by atoms with Gasteiger partial charge >= 0.3 is 5.97 Å². The number of carbonyl (C=O) groups is 1. The standard InChI is InChI=1S/C13H15BrN2O5/c1-8-5-11(9(14)6-10(8)16(18)19)15-3-4-21-7-12(15)13(17)20-2/h5-6,12H,3-4,7H2,1-2H3. The summed E-state index contributed by atoms with van der Waals surface area (Å²) in [6, 6.07) is 2.60. The smallest absolute Gasteiger partial charge is 0.330 e. The summed E-state index contributed by atoms with van der Waals surface area (Å²) in [7, 11) is 1.32. The van der Waals surface area contributed by atoms with Gasteiger partial charge in [0.1, 0.15) is 0 Å². The van der Waals surface area contributed by atoms with E-state index in [2.05, 4.69) is 15.9 Å². The number of nitro groups is 1. The van der Waals surface area contributed by atoms with Crippen LogP contribution in [0.2, 0.25) is 0 Å². The Morgan fingerprint density at radius 3 is 2.90 bits per heavy atom. The van der Waals surface area contributed by atoms with Crippen molar-refractivity contribution in [1.82, 2.24) is 0 Å². The summed E-state index contributed by atoms with van der Waals surface area (Å²) >= 11 is 3.34. The number of carbonyl (C=O) groups excluding carboxylic acids is 1. The highest BCUT2D eigenvalue weighted by Gasteiger charge is 2.32. The van der Waals surface area contributed by atoms with E-state index in [1.807, 2.05) is 4.90 Å². The quantitative estimate of drug-likeness (QED) is 0.467. The van der Waals surface area contributed by atoms with Crippen molar-refractivity contribution >= 4 is 33.3 Å². The average molecular weight is 359 g/mol. The van der Waals surface area contributed by atoms with E-state index in [0.717, 1.165) is 5.69 Å². The first-order valence-electron chi connectivity index (χ1n) is 6.32. The van der Waals surface area contributed by atoms with Crippen LogP contribution in [0.3, 0.4) is 0 Å². The minimum atomic E-state index is -0.555. The van der Waals surface area contributed by atoms with Crippen LogP contribution in [-0.4, -0.2) is 43.8 Å². The number of hydrogen-bond acceptors (Lipinski definition) is 6. The second kappa shape index (κ2) is 6.40. The van der Waals surface area contributed by atoms with Crippen LogP contribution in [0.4, 0.5) is 11.4 Å². The summed E-state index contributed by atoms with van der Waals surface area (Å²) in [5.41, 5.74) is 1.29. The molecule has 1 aliphatic rings. The monoisotopic (exact) mass is 358 g/mol. The maximum Gasteiger partial charge on any atom is 0.330 e. The first-order valence-corrected chi connectivity index (χ1v) is 7.11. The summed E-state index contributed by atoms with van der Waals surface area (Å²) in [5.74, 6) is -0.391. The molecule has 1 fully saturated rings. The van der Waals surface area contributed by atoms with Crippen molar-refractivity contribution in [3.63, 3.8) is 0 Å². The number of anilines is 1. The molecule has 7 nitrogen and oxygen atoms in total. The summed E-state index contributed by atoms with van der Waals surface area (Å²) in [4.78, 5) is 24.2. The van der Waals surface area contributed by atoms with E-state index >= 15 is 0 Å². The molecule has 1 saturated heterocycles. The fourth-order valence-corrected chi connectivity index (χ4v) is 2.85. The Morgan fingerprint density at radius 2 is 2.29 bits per heavy atom. The zero-order chi connectivity index (χ0) is 15.6. The molecule has 21 heavy (non-hydrogen) atoms. The Balaban J connectivity index is 2.41. The SMILES string of the molecule is COC(=O)C1COCCN1c1cc(C)c([N+](=O)[O-])cc1Br. The first-order chi connectivity index (χ1) is 9.95. The molecule has 0 aliphatic carbocycles. The molecule has 0 spiro atoms. The third kappa shape index (κ3) is 3.16. The molecule has 0 bridgehead atoms. The van der Waals surface area contributed by atoms with Gasteiger partial charge in [0.2, 0.25) is 0 Å². The normalized spacial score (nSPS) is 18.4. The summed E-state index contributed by atoms with van der Waals surface area (Å²) in [5, 5.41) is 11.0. The molecule has 0 aromatic heterocycles. The average Bonchev–Trinajstić information content (AvgIpc) is 2.48. The van der Waals surface area contributed by atoms with Crippen molar-refractivity contribution < 1.29 is 19.2 Å². The van der Waals surface area contributed by atoms with E-state index in [9.17, 15) is 14.9 Å². The maximum absolute atomic E-state index is 11.9. The number of ether oxygens (including phenoxy) is 2. The Kier molecular flexibility index (Phi) is 4.79. The third-order valence-electron chi connectivity index (χ3n) is 3.37. The molecule has 2 rings (SSSR count). The molecule has 1 aromatic carbocycles. The second-order valence-electron chi connectivity index (χ2n) is 4.65. The molecule has 1 unspecified atom stereocenters. The highest BCUT2D eigenvalue weighted by atomic mass is 79.9. The number of halogens is 1. The van der Waals surface area contributed by atoms with Crippen LogP contribution in [0.1, 0.15) is 5.56 Å². The molecule has 114 valence electrons. The van der Waals surface area contributed by atoms with Gasteiger partial charge in [-0.25, -0.2) is 4.79 Å². The van der Waals surface area contributed by atoms with Gasteiger partial charge in [-0.15, -0.1) is 0 Å². The number of methoxy groups -OCH3 is 1. The van der Waals surface area contributed by atoms with E-state index in [4.69, 9.17) is 9.47 Å². The minimum absolute atomic E-state index is 0.0357. The number of nitrogens with zero attached hydrogens (tertiary/aromatic N) is 2. The predicted octanol–water partition coefficient (Wildman–Crippen LogP) is 2.04. The fraction of sp³-hybridized carbons (Fsp3) is 0.462. The molecular formula is C13H15BrN2O5. The lowest BCUT2D eigenvalue weighted by Gasteiger charge is -2.36. The second-order valence-corrected chi connectivity index (χ2v) is 5.51. The predicted molar refractivity (Wildman–Crippen MR) is 79.5 cm³/mol. The number of rotatable bonds is 3. The Morgan fingerprint density at radius 1 is 1.57 bits per heavy atom. The largest absolute Gasteiger partial charge is 0.467 e. The number of aryl methyl sites for hydroxylation is 1. The fourth-order valence-electron chi connectivity index (χ4n) is 2.30. The maximum atomic E-state index is 11.9. The van der Waals surface area contributed by atoms with E-state index in [1.54, 1.807) is 13.0 Å². The summed E-state index contributed by atoms with van der Waals surface area (Å²) in [6.07, 6.45) is 0. The van der Waals surface area contributed by atoms with Crippen LogP contribution in [0, 0.1) is 17.0 Å². The first kappa shape index (κ1) is 15.7. The van der Waals surface area contributed by atoms with Crippen LogP contribution >= 0.6 is 15.9 Å². The molecule has 8 heteroatoms. The van der Waals surface area contributed by atoms with Crippen molar-refractivity contribution in [2.45, 2.75) is 13.0 Å². The van der Waals surface area contributed by atoms with Crippen molar-refractivity contribution in [3.05, 3.63) is 32.3 Å². The molecule has 0 saturated carbocycles. The van der Waals surface area contributed by atoms with Crippen molar-refractivity contribution in [2.75, 3.05) is 31.8 Å². The summed E-state index contributed by atoms with van der Waals surface area (Å²) < 4.78 is 10.7.